The van der Waals surface area contributed by atoms with Gasteiger partial charge >= 0.3 is 5.97 Å². The van der Waals surface area contributed by atoms with Gasteiger partial charge in [-0.3, -0.25) is 4.79 Å². The molecule has 0 saturated heterocycles. The number of nitrogens with one attached hydrogen (secondary N) is 1. The molecule has 0 heterocycles. The van der Waals surface area contributed by atoms with Gasteiger partial charge in [-0.05, 0) is 43.2 Å². The highest BCUT2D eigenvalue weighted by molar-refractivity contribution is 5.87. The van der Waals surface area contributed by atoms with Crippen LogP contribution in [0.3, 0.4) is 0 Å². The number of hydrogen-bond donors (Lipinski definition) is 2. The fourth-order valence-electron chi connectivity index (χ4n) is 3.89. The van der Waals surface area contributed by atoms with Crippen LogP contribution in [0, 0.1) is 0 Å². The predicted molar refractivity (Wildman–Crippen MR) is 118 cm³/mol. The molecule has 1 saturated carbocycles. The fourth-order valence-corrected chi connectivity index (χ4v) is 3.89. The van der Waals surface area contributed by atoms with Gasteiger partial charge in [-0.25, -0.2) is 4.79 Å². The molecule has 0 unspecified atom stereocenters. The van der Waals surface area contributed by atoms with Crippen LogP contribution >= 0.6 is 0 Å². The summed E-state index contributed by atoms with van der Waals surface area (Å²) in [7, 11) is 0. The molecule has 0 bridgehead atoms. The Morgan fingerprint density at radius 2 is 1.40 bits per heavy atom. The van der Waals surface area contributed by atoms with Gasteiger partial charge in [0.1, 0.15) is 12.1 Å². The Balaban J connectivity index is 1.65. The number of carbonyl (C=O) groups excluding carboxylic acids is 2. The van der Waals surface area contributed by atoms with Gasteiger partial charge in [0.25, 0.3) is 0 Å². The van der Waals surface area contributed by atoms with Crippen LogP contribution in [0.25, 0.3) is 0 Å². The first kappa shape index (κ1) is 22.0. The number of benzene rings is 2. The Labute approximate surface area is 179 Å². The third-order valence-electron chi connectivity index (χ3n) is 5.60. The van der Waals surface area contributed by atoms with Crippen LogP contribution in [0.5, 0.6) is 0 Å². The number of esters is 1. The highest BCUT2D eigenvalue weighted by Crippen LogP contribution is 2.20. The van der Waals surface area contributed by atoms with Crippen LogP contribution in [0.4, 0.5) is 0 Å². The van der Waals surface area contributed by atoms with Crippen LogP contribution < -0.4 is 11.1 Å². The molecule has 2 aromatic rings. The second-order valence-corrected chi connectivity index (χ2v) is 8.10. The highest BCUT2D eigenvalue weighted by atomic mass is 16.5. The van der Waals surface area contributed by atoms with E-state index in [0.717, 1.165) is 36.8 Å². The number of carbonyl (C=O) groups is 2. The lowest BCUT2D eigenvalue weighted by molar-refractivity contribution is -0.153. The van der Waals surface area contributed by atoms with Crippen LogP contribution in [-0.2, 0) is 27.2 Å². The maximum atomic E-state index is 13.0. The van der Waals surface area contributed by atoms with Gasteiger partial charge in [0, 0.05) is 6.42 Å². The zero-order valence-corrected chi connectivity index (χ0v) is 17.5. The summed E-state index contributed by atoms with van der Waals surface area (Å²) >= 11 is 0. The van der Waals surface area contributed by atoms with E-state index in [1.54, 1.807) is 0 Å². The summed E-state index contributed by atoms with van der Waals surface area (Å²) in [6, 6.07) is 17.8. The zero-order valence-electron chi connectivity index (χ0n) is 17.5. The Kier molecular flexibility index (Phi) is 8.45. The van der Waals surface area contributed by atoms with Crippen LogP contribution in [0.15, 0.2) is 60.7 Å². The molecule has 5 heteroatoms. The molecule has 3 rings (SSSR count). The quantitative estimate of drug-likeness (QED) is 0.517. The Bertz CT molecular complexity index is 787. The molecule has 160 valence electrons. The smallest absolute Gasteiger partial charge is 0.329 e. The van der Waals surface area contributed by atoms with E-state index in [9.17, 15) is 9.59 Å². The molecule has 0 aromatic heterocycles. The molecule has 3 N–H and O–H groups in total. The summed E-state index contributed by atoms with van der Waals surface area (Å²) in [5, 5.41) is 2.85. The summed E-state index contributed by atoms with van der Waals surface area (Å²) in [4.78, 5) is 25.7. The van der Waals surface area contributed by atoms with Crippen molar-refractivity contribution in [2.45, 2.75) is 69.6 Å². The second-order valence-electron chi connectivity index (χ2n) is 8.10. The number of nitrogens with two attached hydrogens (primary N) is 1. The number of ether oxygens (including phenoxy) is 1. The number of hydrogen-bond acceptors (Lipinski definition) is 4. The van der Waals surface area contributed by atoms with Crippen molar-refractivity contribution in [3.05, 3.63) is 71.8 Å². The summed E-state index contributed by atoms with van der Waals surface area (Å²) in [5.74, 6) is -0.705. The fraction of sp³-hybridized carbons (Fsp3) is 0.440. The normalized spacial score (nSPS) is 16.8. The molecule has 1 fully saturated rings. The molecule has 1 aliphatic carbocycles. The van der Waals surface area contributed by atoms with E-state index in [2.05, 4.69) is 5.32 Å². The molecule has 2 aromatic carbocycles. The van der Waals surface area contributed by atoms with Gasteiger partial charge in [0.05, 0.1) is 6.04 Å². The minimum absolute atomic E-state index is 0.0619. The van der Waals surface area contributed by atoms with Crippen molar-refractivity contribution in [1.82, 2.24) is 5.32 Å². The number of amides is 1. The lowest BCUT2D eigenvalue weighted by atomic mass is 10.0. The van der Waals surface area contributed by atoms with Crippen molar-refractivity contribution in [2.75, 3.05) is 0 Å². The molecule has 5 nitrogen and oxygen atoms in total. The van der Waals surface area contributed by atoms with E-state index in [1.165, 1.54) is 12.8 Å². The minimum atomic E-state index is -0.745. The van der Waals surface area contributed by atoms with E-state index in [1.807, 2.05) is 60.7 Å². The van der Waals surface area contributed by atoms with Gasteiger partial charge in [0.2, 0.25) is 5.91 Å². The molecule has 30 heavy (non-hydrogen) atoms. The van der Waals surface area contributed by atoms with Crippen molar-refractivity contribution in [2.24, 2.45) is 5.73 Å². The molecule has 0 radical (unpaired) electrons. The lowest BCUT2D eigenvalue weighted by Gasteiger charge is -2.23. The van der Waals surface area contributed by atoms with E-state index in [4.69, 9.17) is 10.5 Å². The SMILES string of the molecule is N[C@@H](Cc1ccccc1)C(=O)N[C@@H](Cc1ccccc1)C(=O)OC1CCCCCC1. The van der Waals surface area contributed by atoms with Crippen molar-refractivity contribution >= 4 is 11.9 Å². The minimum Gasteiger partial charge on any atom is -0.461 e. The molecular weight excluding hydrogens is 376 g/mol. The van der Waals surface area contributed by atoms with Gasteiger partial charge in [-0.15, -0.1) is 0 Å². The van der Waals surface area contributed by atoms with Crippen LogP contribution in [0.1, 0.15) is 49.7 Å². The standard InChI is InChI=1S/C25H32N2O3/c26-22(17-19-11-5-3-6-12-19)24(28)27-23(18-20-13-7-4-8-14-20)25(29)30-21-15-9-1-2-10-16-21/h3-8,11-14,21-23H,1-2,9-10,15-18,26H2,(H,27,28)/t22-,23-/m0/s1. The van der Waals surface area contributed by atoms with Gasteiger partial charge < -0.3 is 15.8 Å². The molecular formula is C25H32N2O3. The Morgan fingerprint density at radius 3 is 1.97 bits per heavy atom. The van der Waals surface area contributed by atoms with Gasteiger partial charge in [0.15, 0.2) is 0 Å². The van der Waals surface area contributed by atoms with Gasteiger partial charge in [-0.2, -0.15) is 0 Å². The first-order valence-corrected chi connectivity index (χ1v) is 11.0. The second kappa shape index (κ2) is 11.5. The predicted octanol–water partition coefficient (Wildman–Crippen LogP) is 3.55. The third-order valence-corrected chi connectivity index (χ3v) is 5.60. The molecule has 0 spiro atoms. The highest BCUT2D eigenvalue weighted by Gasteiger charge is 2.28. The maximum Gasteiger partial charge on any atom is 0.329 e. The van der Waals surface area contributed by atoms with E-state index in [0.29, 0.717) is 12.8 Å². The molecule has 1 amide bonds. The molecule has 1 aliphatic rings. The van der Waals surface area contributed by atoms with E-state index in [-0.39, 0.29) is 18.0 Å². The summed E-state index contributed by atoms with van der Waals surface area (Å²) in [6.07, 6.45) is 7.06. The summed E-state index contributed by atoms with van der Waals surface area (Å²) < 4.78 is 5.81. The first-order chi connectivity index (χ1) is 14.6. The largest absolute Gasteiger partial charge is 0.461 e. The van der Waals surface area contributed by atoms with Crippen molar-refractivity contribution in [3.63, 3.8) is 0 Å². The average molecular weight is 409 g/mol. The van der Waals surface area contributed by atoms with Crippen LogP contribution in [0.2, 0.25) is 0 Å². The summed E-state index contributed by atoms with van der Waals surface area (Å²) in [5.41, 5.74) is 8.09. The van der Waals surface area contributed by atoms with E-state index < -0.39 is 12.1 Å². The van der Waals surface area contributed by atoms with Gasteiger partial charge in [-0.1, -0.05) is 73.5 Å². The Morgan fingerprint density at radius 1 is 0.867 bits per heavy atom. The zero-order chi connectivity index (χ0) is 21.2. The first-order valence-electron chi connectivity index (χ1n) is 11.0. The summed E-state index contributed by atoms with van der Waals surface area (Å²) in [6.45, 7) is 0. The van der Waals surface area contributed by atoms with Crippen molar-refractivity contribution in [3.8, 4) is 0 Å². The van der Waals surface area contributed by atoms with Crippen LogP contribution in [-0.4, -0.2) is 30.1 Å². The molecule has 2 atom stereocenters. The van der Waals surface area contributed by atoms with Crippen molar-refractivity contribution < 1.29 is 14.3 Å². The maximum absolute atomic E-state index is 13.0. The lowest BCUT2D eigenvalue weighted by Crippen LogP contribution is -2.51. The monoisotopic (exact) mass is 408 g/mol. The van der Waals surface area contributed by atoms with Crippen molar-refractivity contribution in [1.29, 1.82) is 0 Å². The molecule has 0 aliphatic heterocycles. The third kappa shape index (κ3) is 6.99. The Hall–Kier alpha value is -2.66. The number of rotatable bonds is 8. The topological polar surface area (TPSA) is 81.4 Å². The average Bonchev–Trinajstić information content (AvgIpc) is 3.03. The van der Waals surface area contributed by atoms with E-state index >= 15 is 0 Å².